The Kier molecular flexibility index (Phi) is 9.31. The summed E-state index contributed by atoms with van der Waals surface area (Å²) < 4.78 is 72.4. The summed E-state index contributed by atoms with van der Waals surface area (Å²) in [5.41, 5.74) is -0.439. The molecule has 0 heterocycles. The molecule has 1 aliphatic carbocycles. The van der Waals surface area contributed by atoms with E-state index in [-0.39, 0.29) is 10.8 Å². The number of carbonyl (C=O) groups excluding carboxylic acids is 1. The number of benzene rings is 1. The van der Waals surface area contributed by atoms with E-state index < -0.39 is 34.0 Å². The van der Waals surface area contributed by atoms with Gasteiger partial charge in [0.25, 0.3) is 5.91 Å². The fourth-order valence-electron chi connectivity index (χ4n) is 2.60. The van der Waals surface area contributed by atoms with Gasteiger partial charge in [0.1, 0.15) is 11.6 Å². The van der Waals surface area contributed by atoms with Crippen LogP contribution in [-0.2, 0) is 10.0 Å². The Morgan fingerprint density at radius 1 is 1.26 bits per heavy atom. The molecule has 0 saturated heterocycles. The van der Waals surface area contributed by atoms with Crippen LogP contribution in [-0.4, -0.2) is 33.9 Å². The van der Waals surface area contributed by atoms with E-state index in [1.165, 1.54) is 19.3 Å². The number of halogens is 5. The second-order valence-corrected chi connectivity index (χ2v) is 8.18. The van der Waals surface area contributed by atoms with Crippen molar-refractivity contribution < 1.29 is 35.5 Å². The van der Waals surface area contributed by atoms with Gasteiger partial charge in [0.2, 0.25) is 10.0 Å². The molecule has 5 nitrogen and oxygen atoms in total. The van der Waals surface area contributed by atoms with Crippen LogP contribution in [0.2, 0.25) is 5.02 Å². The van der Waals surface area contributed by atoms with Crippen molar-refractivity contribution in [1.82, 2.24) is 4.72 Å². The first-order valence-corrected chi connectivity index (χ1v) is 10.3. The maximum absolute atomic E-state index is 14.0. The first-order chi connectivity index (χ1) is 12.5. The molecule has 0 aromatic heterocycles. The van der Waals surface area contributed by atoms with Crippen LogP contribution < -0.4 is 9.46 Å². The molecule has 0 atom stereocenters. The van der Waals surface area contributed by atoms with Crippen molar-refractivity contribution in [3.05, 3.63) is 28.5 Å². The topological polar surface area (TPSA) is 72.5 Å². The van der Waals surface area contributed by atoms with E-state index in [0.717, 1.165) is 31.2 Å². The normalized spacial score (nSPS) is 15.1. The zero-order chi connectivity index (χ0) is 20.6. The number of sulfonamides is 1. The minimum atomic E-state index is -3.78. The molecule has 0 spiro atoms. The average molecular weight is 434 g/mol. The van der Waals surface area contributed by atoms with E-state index in [1.807, 2.05) is 0 Å². The molecule has 0 radical (unpaired) electrons. The summed E-state index contributed by atoms with van der Waals surface area (Å²) >= 11 is 6.01. The Bertz CT molecular complexity index is 737. The molecule has 1 aromatic carbocycles. The van der Waals surface area contributed by atoms with Gasteiger partial charge in [-0.25, -0.2) is 17.5 Å². The highest BCUT2D eigenvalue weighted by atomic mass is 35.5. The first-order valence-electron chi connectivity index (χ1n) is 8.05. The number of hydrogen-bond donors (Lipinski definition) is 1. The number of ether oxygens (including phenoxy) is 1. The van der Waals surface area contributed by atoms with Crippen molar-refractivity contribution in [2.45, 2.75) is 38.8 Å². The summed E-state index contributed by atoms with van der Waals surface area (Å²) in [6, 6.07) is 2.09. The molecule has 0 unspecified atom stereocenters. The molecule has 1 aliphatic rings. The van der Waals surface area contributed by atoms with Crippen molar-refractivity contribution in [3.8, 4) is 5.75 Å². The number of rotatable bonds is 5. The van der Waals surface area contributed by atoms with Crippen LogP contribution in [0.1, 0.15) is 42.5 Å². The Labute approximate surface area is 160 Å². The SMILES string of the molecule is CS(=O)(=O)NC(=O)c1cc(Cl)c(OCC2CCCCC2)cc1F.FC(F)F. The number of nitrogens with one attached hydrogen (secondary N) is 1. The van der Waals surface area contributed by atoms with Crippen LogP contribution in [0.15, 0.2) is 12.1 Å². The van der Waals surface area contributed by atoms with Crippen LogP contribution in [0.25, 0.3) is 0 Å². The van der Waals surface area contributed by atoms with E-state index in [9.17, 15) is 30.8 Å². The Balaban J connectivity index is 0.000000828. The minimum absolute atomic E-state index is 0.0702. The van der Waals surface area contributed by atoms with Gasteiger partial charge in [-0.1, -0.05) is 30.9 Å². The number of carbonyl (C=O) groups is 1. The molecule has 1 aromatic rings. The van der Waals surface area contributed by atoms with E-state index in [4.69, 9.17) is 16.3 Å². The predicted molar refractivity (Wildman–Crippen MR) is 92.9 cm³/mol. The van der Waals surface area contributed by atoms with Crippen LogP contribution in [0.3, 0.4) is 0 Å². The van der Waals surface area contributed by atoms with Crippen LogP contribution >= 0.6 is 11.6 Å². The molecule has 0 aliphatic heterocycles. The predicted octanol–water partition coefficient (Wildman–Crippen LogP) is 4.31. The smallest absolute Gasteiger partial charge is 0.379 e. The summed E-state index contributed by atoms with van der Waals surface area (Å²) in [7, 11) is -3.78. The lowest BCUT2D eigenvalue weighted by Crippen LogP contribution is -2.30. The molecule has 1 N–H and O–H groups in total. The fourth-order valence-corrected chi connectivity index (χ4v) is 3.26. The zero-order valence-corrected chi connectivity index (χ0v) is 16.1. The van der Waals surface area contributed by atoms with Gasteiger partial charge in [0.15, 0.2) is 0 Å². The molecule has 11 heteroatoms. The summed E-state index contributed by atoms with van der Waals surface area (Å²) in [6.07, 6.45) is 6.54. The molecule has 0 bridgehead atoms. The highest BCUT2D eigenvalue weighted by molar-refractivity contribution is 7.89. The van der Waals surface area contributed by atoms with E-state index in [2.05, 4.69) is 0 Å². The lowest BCUT2D eigenvalue weighted by Gasteiger charge is -2.22. The van der Waals surface area contributed by atoms with Crippen LogP contribution in [0, 0.1) is 11.7 Å². The van der Waals surface area contributed by atoms with E-state index in [0.29, 0.717) is 12.5 Å². The Morgan fingerprint density at radius 2 is 1.81 bits per heavy atom. The number of hydrogen-bond acceptors (Lipinski definition) is 4. The van der Waals surface area contributed by atoms with Gasteiger partial charge < -0.3 is 4.74 Å². The molecular formula is C16H20ClF4NO4S. The van der Waals surface area contributed by atoms with Crippen LogP contribution in [0.4, 0.5) is 17.6 Å². The second-order valence-electron chi connectivity index (χ2n) is 6.03. The Hall–Kier alpha value is -1.55. The zero-order valence-electron chi connectivity index (χ0n) is 14.5. The summed E-state index contributed by atoms with van der Waals surface area (Å²) in [5, 5.41) is 0.0702. The van der Waals surface area contributed by atoms with Crippen molar-refractivity contribution in [1.29, 1.82) is 0 Å². The van der Waals surface area contributed by atoms with Gasteiger partial charge in [-0.15, -0.1) is 0 Å². The van der Waals surface area contributed by atoms with E-state index in [1.54, 1.807) is 4.72 Å². The molecule has 2 rings (SSSR count). The Morgan fingerprint density at radius 3 is 2.33 bits per heavy atom. The number of alkyl halides is 3. The highest BCUT2D eigenvalue weighted by Crippen LogP contribution is 2.30. The minimum Gasteiger partial charge on any atom is -0.492 e. The third-order valence-corrected chi connectivity index (χ3v) is 4.60. The van der Waals surface area contributed by atoms with Crippen LogP contribution in [0.5, 0.6) is 5.75 Å². The lowest BCUT2D eigenvalue weighted by atomic mass is 9.90. The number of amides is 1. The summed E-state index contributed by atoms with van der Waals surface area (Å²) in [4.78, 5) is 11.7. The van der Waals surface area contributed by atoms with Crippen molar-refractivity contribution in [3.63, 3.8) is 0 Å². The van der Waals surface area contributed by atoms with Crippen molar-refractivity contribution >= 4 is 27.5 Å². The maximum atomic E-state index is 14.0. The van der Waals surface area contributed by atoms with Crippen molar-refractivity contribution in [2.75, 3.05) is 12.9 Å². The van der Waals surface area contributed by atoms with Crippen molar-refractivity contribution in [2.24, 2.45) is 5.92 Å². The van der Waals surface area contributed by atoms with Gasteiger partial charge in [-0.05, 0) is 24.8 Å². The quantitative estimate of drug-likeness (QED) is 0.702. The largest absolute Gasteiger partial charge is 0.492 e. The molecular weight excluding hydrogens is 414 g/mol. The maximum Gasteiger partial charge on any atom is 0.379 e. The van der Waals surface area contributed by atoms with Gasteiger partial charge in [-0.3, -0.25) is 4.79 Å². The third kappa shape index (κ3) is 9.28. The van der Waals surface area contributed by atoms with Gasteiger partial charge in [0.05, 0.1) is 23.4 Å². The first kappa shape index (κ1) is 23.5. The molecule has 1 fully saturated rings. The standard InChI is InChI=1S/C15H19ClFNO4S.CHF3/c1-23(20,21)18-15(19)11-7-12(16)14(8-13(11)17)22-9-10-5-3-2-4-6-10;2-1(3)4/h7-8,10H,2-6,9H2,1H3,(H,18,19);1H. The molecule has 154 valence electrons. The average Bonchev–Trinajstić information content (AvgIpc) is 2.54. The monoisotopic (exact) mass is 433 g/mol. The van der Waals surface area contributed by atoms with Gasteiger partial charge in [-0.2, -0.15) is 13.2 Å². The lowest BCUT2D eigenvalue weighted by molar-refractivity contribution is 0.00818. The van der Waals surface area contributed by atoms with Gasteiger partial charge in [0, 0.05) is 6.07 Å². The fraction of sp³-hybridized carbons (Fsp3) is 0.562. The molecule has 1 amide bonds. The summed E-state index contributed by atoms with van der Waals surface area (Å²) in [5.74, 6) is -1.36. The second kappa shape index (κ2) is 10.7. The molecule has 1 saturated carbocycles. The third-order valence-electron chi connectivity index (χ3n) is 3.74. The summed E-state index contributed by atoms with van der Waals surface area (Å²) in [6.45, 7) is -3.21. The highest BCUT2D eigenvalue weighted by Gasteiger charge is 2.20. The van der Waals surface area contributed by atoms with E-state index >= 15 is 0 Å². The molecule has 27 heavy (non-hydrogen) atoms. The van der Waals surface area contributed by atoms with Gasteiger partial charge >= 0.3 is 6.68 Å².